The van der Waals surface area contributed by atoms with Crippen LogP contribution in [0.3, 0.4) is 0 Å². The Bertz CT molecular complexity index is 4920. The molecule has 0 saturated heterocycles. The zero-order chi connectivity index (χ0) is 65.7. The van der Waals surface area contributed by atoms with Crippen molar-refractivity contribution >= 4 is 125 Å². The maximum absolute atomic E-state index is 8.65. The first-order valence-corrected chi connectivity index (χ1v) is 38.2. The van der Waals surface area contributed by atoms with Gasteiger partial charge in [-0.15, -0.1) is 0 Å². The van der Waals surface area contributed by atoms with Crippen LogP contribution < -0.4 is 51.3 Å². The number of anilines is 6. The van der Waals surface area contributed by atoms with Crippen molar-refractivity contribution in [1.29, 1.82) is 0 Å². The van der Waals surface area contributed by atoms with E-state index in [-0.39, 0.29) is 0 Å². The van der Waals surface area contributed by atoms with Gasteiger partial charge in [0.25, 0.3) is 0 Å². The number of halogens is 1. The topological polar surface area (TPSA) is 11.4 Å². The molecule has 0 atom stereocenters. The first kappa shape index (κ1) is 61.3. The van der Waals surface area contributed by atoms with Gasteiger partial charge in [0.1, 0.15) is 0 Å². The third-order valence-electron chi connectivity index (χ3n) is 19.7. The normalized spacial score (nSPS) is 11.6. The molecule has 0 unspecified atom stereocenters. The average molecular weight is 1310 g/mol. The molecule has 0 aliphatic heterocycles. The molecule has 0 spiro atoms. The summed E-state index contributed by atoms with van der Waals surface area (Å²) in [6.07, 6.45) is 1.86. The summed E-state index contributed by atoms with van der Waals surface area (Å²) < 4.78 is 2.43. The van der Waals surface area contributed by atoms with Gasteiger partial charge in [0.2, 0.25) is 0 Å². The van der Waals surface area contributed by atoms with Gasteiger partial charge in [0.15, 0.2) is 16.1 Å². The first-order valence-electron chi connectivity index (χ1n) is 33.8. The van der Waals surface area contributed by atoms with E-state index in [9.17, 15) is 0 Å². The third kappa shape index (κ3) is 11.4. The number of hydrogen-bond donors (Lipinski definition) is 0. The zero-order valence-electron chi connectivity index (χ0n) is 54.2. The number of aromatic nitrogens is 1. The van der Waals surface area contributed by atoms with Crippen LogP contribution in [0.2, 0.25) is 5.02 Å². The van der Waals surface area contributed by atoms with Crippen molar-refractivity contribution in [3.05, 3.63) is 417 Å². The number of fused-ring (bicyclic) bond motifs is 3. The molecule has 468 valence electrons. The van der Waals surface area contributed by atoms with E-state index in [4.69, 9.17) is 11.6 Å². The minimum Gasteiger partial charge on any atom is -0.309 e. The lowest BCUT2D eigenvalue weighted by Gasteiger charge is -2.36. The minimum atomic E-state index is -2.95. The van der Waals surface area contributed by atoms with Gasteiger partial charge in [0, 0.05) is 33.5 Å². The lowest BCUT2D eigenvalue weighted by atomic mass is 10.0. The van der Waals surface area contributed by atoms with Crippen molar-refractivity contribution in [3.8, 4) is 16.8 Å². The van der Waals surface area contributed by atoms with Gasteiger partial charge in [-0.05, 0) is 149 Å². The van der Waals surface area contributed by atoms with Crippen LogP contribution in [0.25, 0.3) is 38.6 Å². The van der Waals surface area contributed by atoms with E-state index < -0.39 is 16.1 Å². The van der Waals surface area contributed by atoms with Crippen LogP contribution in [0.1, 0.15) is 11.1 Å². The smallest absolute Gasteiger partial charge is 0.179 e. The second kappa shape index (κ2) is 27.3. The first-order chi connectivity index (χ1) is 48.5. The van der Waals surface area contributed by atoms with E-state index >= 15 is 0 Å². The molecule has 1 heterocycles. The molecule has 98 heavy (non-hydrogen) atoms. The highest BCUT2D eigenvalue weighted by Crippen LogP contribution is 2.49. The average Bonchev–Trinajstić information content (AvgIpc) is 0.869. The Morgan fingerprint density at radius 2 is 0.500 bits per heavy atom. The van der Waals surface area contributed by atoms with Crippen LogP contribution in [0, 0.1) is 0 Å². The lowest BCUT2D eigenvalue weighted by Crippen LogP contribution is -2.74. The quantitative estimate of drug-likeness (QED) is 0.0590. The Labute approximate surface area is 581 Å². The predicted octanol–water partition coefficient (Wildman–Crippen LogP) is 18.6. The molecule has 6 heteroatoms. The molecule has 0 aliphatic rings. The number of aryl methyl sites for hydroxylation is 2. The van der Waals surface area contributed by atoms with Gasteiger partial charge in [-0.3, -0.25) is 0 Å². The van der Waals surface area contributed by atoms with Gasteiger partial charge in [-0.2, -0.15) is 0 Å². The second-order valence-electron chi connectivity index (χ2n) is 25.2. The summed E-state index contributed by atoms with van der Waals surface area (Å²) in [4.78, 5) is 4.77. The summed E-state index contributed by atoms with van der Waals surface area (Å²) in [7, 11) is -5.90. The number of para-hydroxylation sites is 2. The molecular formula is C92H70ClN3Si2. The summed E-state index contributed by atoms with van der Waals surface area (Å²) >= 11 is 8.65. The van der Waals surface area contributed by atoms with Gasteiger partial charge >= 0.3 is 0 Å². The van der Waals surface area contributed by atoms with Crippen molar-refractivity contribution in [3.63, 3.8) is 0 Å². The van der Waals surface area contributed by atoms with Crippen LogP contribution in [0.5, 0.6) is 0 Å². The van der Waals surface area contributed by atoms with Gasteiger partial charge in [0.05, 0.1) is 33.1 Å². The molecule has 0 N–H and O–H groups in total. The van der Waals surface area contributed by atoms with E-state index in [1.54, 1.807) is 0 Å². The highest BCUT2D eigenvalue weighted by molar-refractivity contribution is 7.20. The molecule has 15 aromatic carbocycles. The molecule has 0 saturated carbocycles. The zero-order valence-corrected chi connectivity index (χ0v) is 57.0. The monoisotopic (exact) mass is 1310 g/mol. The number of benzene rings is 15. The van der Waals surface area contributed by atoms with Crippen LogP contribution in [-0.2, 0) is 12.8 Å². The molecule has 0 radical (unpaired) electrons. The Hall–Kier alpha value is -11.6. The standard InChI is InChI=1S/C92H70ClN3Si2/c93-92-90(94(74-57-53-72(54-58-74)71-31-11-2-12-32-71)73-55-51-70(52-56-73)50-49-69-29-9-1-10-30-69)67-77(96-88-47-27-25-45-86(88)87-46-26-28-48-89(87)96)68-91(92)95(75-59-63-84(64-60-75)97(78-33-13-3-14-34-78,79-35-15-4-16-36-79)80-37-17-5-18-38-80)76-61-65-85(66-62-76)98(81-39-19-6-20-40-81,82-41-21-7-22-42-82)83-43-23-8-24-44-83/h1-48,51-68H,49-50H2. The molecule has 1 aromatic heterocycles. The van der Waals surface area contributed by atoms with Crippen molar-refractivity contribution < 1.29 is 0 Å². The van der Waals surface area contributed by atoms with Gasteiger partial charge in [-0.25, -0.2) is 0 Å². The largest absolute Gasteiger partial charge is 0.309 e. The Balaban J connectivity index is 0.962. The molecule has 3 nitrogen and oxygen atoms in total. The Kier molecular flexibility index (Phi) is 17.1. The van der Waals surface area contributed by atoms with E-state index in [1.165, 1.54) is 63.4 Å². The van der Waals surface area contributed by atoms with Crippen molar-refractivity contribution in [2.75, 3.05) is 9.80 Å². The maximum Gasteiger partial charge on any atom is 0.179 e. The summed E-state index contributed by atoms with van der Waals surface area (Å²) in [6.45, 7) is 0. The molecule has 16 aromatic rings. The lowest BCUT2D eigenvalue weighted by molar-refractivity contribution is 0.960. The third-order valence-corrected chi connectivity index (χ3v) is 29.7. The van der Waals surface area contributed by atoms with Crippen LogP contribution in [0.4, 0.5) is 34.1 Å². The SMILES string of the molecule is Clc1c(N(c2ccc(CCc3ccccc3)cc2)c2ccc(-c3ccccc3)cc2)cc(-n2c3ccccc3c3ccccc32)cc1N(c1ccc([Si](c2ccccc2)(c2ccccc2)c2ccccc2)cc1)c1ccc([Si](c2ccccc2)(c2ccccc2)c2ccccc2)cc1. The maximum atomic E-state index is 8.65. The van der Waals surface area contributed by atoms with E-state index in [0.29, 0.717) is 5.02 Å². The van der Waals surface area contributed by atoms with Gasteiger partial charge in [-0.1, -0.05) is 339 Å². The van der Waals surface area contributed by atoms with Crippen LogP contribution >= 0.6 is 11.6 Å². The fraction of sp³-hybridized carbons (Fsp3) is 0.0217. The molecular weight excluding hydrogens is 1240 g/mol. The Morgan fingerprint density at radius 1 is 0.245 bits per heavy atom. The van der Waals surface area contributed by atoms with E-state index in [1.807, 2.05) is 0 Å². The molecule has 0 aliphatic carbocycles. The van der Waals surface area contributed by atoms with Gasteiger partial charge < -0.3 is 14.4 Å². The molecule has 0 bridgehead atoms. The minimum absolute atomic E-state index is 0.589. The fourth-order valence-electron chi connectivity index (χ4n) is 15.1. The molecule has 16 rings (SSSR count). The summed E-state index contributed by atoms with van der Waals surface area (Å²) in [6, 6.07) is 148. The Morgan fingerprint density at radius 3 is 0.847 bits per heavy atom. The summed E-state index contributed by atoms with van der Waals surface area (Å²) in [5.41, 5.74) is 13.6. The van der Waals surface area contributed by atoms with E-state index in [0.717, 1.165) is 74.8 Å². The summed E-state index contributed by atoms with van der Waals surface area (Å²) in [5.74, 6) is 0. The summed E-state index contributed by atoms with van der Waals surface area (Å²) in [5, 5.41) is 13.4. The second-order valence-corrected chi connectivity index (χ2v) is 33.2. The fourth-order valence-corrected chi connectivity index (χ4v) is 24.9. The number of rotatable bonds is 19. The van der Waals surface area contributed by atoms with Crippen LogP contribution in [-0.4, -0.2) is 20.7 Å². The van der Waals surface area contributed by atoms with Crippen molar-refractivity contribution in [2.24, 2.45) is 0 Å². The highest BCUT2D eigenvalue weighted by Gasteiger charge is 2.43. The predicted molar refractivity (Wildman–Crippen MR) is 422 cm³/mol. The van der Waals surface area contributed by atoms with Crippen molar-refractivity contribution in [2.45, 2.75) is 12.8 Å². The molecule has 0 fully saturated rings. The van der Waals surface area contributed by atoms with Crippen molar-refractivity contribution in [1.82, 2.24) is 4.57 Å². The highest BCUT2D eigenvalue weighted by atomic mass is 35.5. The number of nitrogens with zero attached hydrogens (tertiary/aromatic N) is 3. The molecule has 0 amide bonds. The van der Waals surface area contributed by atoms with Crippen LogP contribution in [0.15, 0.2) is 400 Å². The number of hydrogen-bond acceptors (Lipinski definition) is 2. The van der Waals surface area contributed by atoms with E-state index in [2.05, 4.69) is 415 Å².